The lowest BCUT2D eigenvalue weighted by Gasteiger charge is -2.19. The zero-order chi connectivity index (χ0) is 22.7. The summed E-state index contributed by atoms with van der Waals surface area (Å²) in [5.74, 6) is -2.19. The van der Waals surface area contributed by atoms with E-state index in [2.05, 4.69) is 25.5 Å². The summed E-state index contributed by atoms with van der Waals surface area (Å²) in [5, 5.41) is 9.93. The monoisotopic (exact) mass is 476 g/mol. The van der Waals surface area contributed by atoms with E-state index >= 15 is 4.39 Å². The van der Waals surface area contributed by atoms with Crippen molar-refractivity contribution in [1.82, 2.24) is 20.2 Å². The second kappa shape index (κ2) is 7.45. The molecular weight excluding hydrogens is 462 g/mol. The van der Waals surface area contributed by atoms with Crippen LogP contribution in [-0.4, -0.2) is 45.2 Å². The summed E-state index contributed by atoms with van der Waals surface area (Å²) >= 11 is 7.52. The predicted octanol–water partition coefficient (Wildman–Crippen LogP) is 4.31. The van der Waals surface area contributed by atoms with Crippen LogP contribution in [0.25, 0.3) is 32.5 Å². The fraction of sp³-hybridized carbons (Fsp3) is 0.250. The molecule has 1 aromatic carbocycles. The highest BCUT2D eigenvalue weighted by atomic mass is 35.5. The summed E-state index contributed by atoms with van der Waals surface area (Å²) in [6.07, 6.45) is 0.605. The molecule has 2 N–H and O–H groups in total. The van der Waals surface area contributed by atoms with E-state index in [4.69, 9.17) is 11.6 Å². The Labute approximate surface area is 188 Å². The number of halogens is 3. The number of carbonyl (C=O) groups is 2. The molecule has 32 heavy (non-hydrogen) atoms. The van der Waals surface area contributed by atoms with Crippen molar-refractivity contribution in [3.63, 3.8) is 0 Å². The highest BCUT2D eigenvalue weighted by Gasteiger charge is 2.43. The Bertz CT molecular complexity index is 1420. The molecule has 164 valence electrons. The lowest BCUT2D eigenvalue weighted by molar-refractivity contribution is -0.118. The van der Waals surface area contributed by atoms with Crippen LogP contribution in [-0.2, 0) is 9.59 Å². The molecule has 0 aliphatic heterocycles. The van der Waals surface area contributed by atoms with Crippen molar-refractivity contribution >= 4 is 66.8 Å². The Hall–Kier alpha value is -3.18. The molecule has 0 radical (unpaired) electrons. The second-order valence-electron chi connectivity index (χ2n) is 7.48. The van der Waals surface area contributed by atoms with Gasteiger partial charge in [-0.3, -0.25) is 14.7 Å². The normalized spacial score (nSPS) is 17.7. The molecule has 8 nitrogen and oxygen atoms in total. The van der Waals surface area contributed by atoms with E-state index < -0.39 is 23.8 Å². The molecule has 1 aliphatic rings. The number of amides is 2. The molecule has 0 unspecified atom stereocenters. The number of carbonyl (C=O) groups excluding carboxylic acids is 2. The van der Waals surface area contributed by atoms with Crippen molar-refractivity contribution in [3.05, 3.63) is 29.2 Å². The van der Waals surface area contributed by atoms with Gasteiger partial charge in [-0.1, -0.05) is 22.9 Å². The maximum atomic E-state index is 15.3. The Morgan fingerprint density at radius 3 is 2.78 bits per heavy atom. The van der Waals surface area contributed by atoms with Crippen LogP contribution < -0.4 is 10.2 Å². The van der Waals surface area contributed by atoms with Crippen LogP contribution in [0.4, 0.5) is 19.6 Å². The molecule has 12 heteroatoms. The van der Waals surface area contributed by atoms with Gasteiger partial charge in [0.05, 0.1) is 28.3 Å². The number of pyridine rings is 1. The molecular formula is C20H15ClF2N6O2S. The standard InChI is InChI=1S/C20H15ClF2N6O2S/c1-7(30)29(2)17-15(23)14(21)13(9-6-24-28-16(9)17)11-3-4-12-19(25-11)32-20(26-12)27-18(31)8-5-10(8)22/h3-4,6,8,10H,5H2,1-2H3,(H,24,28)(H,26,27,31)/t8-,10+/m1/s1. The zero-order valence-electron chi connectivity index (χ0n) is 16.7. The first-order valence-electron chi connectivity index (χ1n) is 9.57. The van der Waals surface area contributed by atoms with Crippen LogP contribution >= 0.6 is 22.9 Å². The van der Waals surface area contributed by atoms with Crippen LogP contribution in [0.2, 0.25) is 5.02 Å². The second-order valence-corrected chi connectivity index (χ2v) is 8.83. The molecule has 0 spiro atoms. The first-order valence-corrected chi connectivity index (χ1v) is 10.8. The van der Waals surface area contributed by atoms with Gasteiger partial charge in [0, 0.05) is 24.9 Å². The van der Waals surface area contributed by atoms with E-state index in [9.17, 15) is 14.0 Å². The number of thiazole rings is 1. The van der Waals surface area contributed by atoms with Gasteiger partial charge < -0.3 is 10.2 Å². The van der Waals surface area contributed by atoms with E-state index in [1.54, 1.807) is 12.1 Å². The maximum absolute atomic E-state index is 15.3. The molecule has 0 bridgehead atoms. The van der Waals surface area contributed by atoms with Crippen LogP contribution in [0, 0.1) is 11.7 Å². The van der Waals surface area contributed by atoms with E-state index in [0.717, 1.165) is 16.2 Å². The van der Waals surface area contributed by atoms with Crippen LogP contribution in [0.15, 0.2) is 18.3 Å². The minimum Gasteiger partial charge on any atom is -0.311 e. The van der Waals surface area contributed by atoms with Gasteiger partial charge in [-0.2, -0.15) is 5.10 Å². The third kappa shape index (κ3) is 3.28. The van der Waals surface area contributed by atoms with Crippen molar-refractivity contribution in [2.45, 2.75) is 19.5 Å². The lowest BCUT2D eigenvalue weighted by atomic mass is 10.0. The quantitative estimate of drug-likeness (QED) is 0.457. The van der Waals surface area contributed by atoms with Gasteiger partial charge in [-0.05, 0) is 18.6 Å². The first kappa shape index (κ1) is 20.7. The van der Waals surface area contributed by atoms with Crippen LogP contribution in [0.3, 0.4) is 0 Å². The number of aromatic amines is 1. The minimum absolute atomic E-state index is 0.00569. The van der Waals surface area contributed by atoms with Crippen molar-refractivity contribution < 1.29 is 18.4 Å². The SMILES string of the molecule is CC(=O)N(C)c1c(F)c(Cl)c(-c2ccc3nc(NC(=O)[C@@H]4C[C@@H]4F)sc3n2)c2cn[nH]c12. The number of aromatic nitrogens is 4. The Kier molecular flexibility index (Phi) is 4.82. The number of hydrogen-bond acceptors (Lipinski definition) is 6. The lowest BCUT2D eigenvalue weighted by Crippen LogP contribution is -2.24. The summed E-state index contributed by atoms with van der Waals surface area (Å²) in [7, 11) is 1.45. The number of hydrogen-bond donors (Lipinski definition) is 2. The van der Waals surface area contributed by atoms with Gasteiger partial charge in [-0.25, -0.2) is 18.7 Å². The summed E-state index contributed by atoms with van der Waals surface area (Å²) in [6.45, 7) is 1.32. The molecule has 0 saturated heterocycles. The number of fused-ring (bicyclic) bond motifs is 2. The maximum Gasteiger partial charge on any atom is 0.232 e. The Morgan fingerprint density at radius 2 is 2.09 bits per heavy atom. The third-order valence-corrected chi connectivity index (χ3v) is 6.60. The topological polar surface area (TPSA) is 104 Å². The minimum atomic E-state index is -1.10. The number of alkyl halides is 1. The largest absolute Gasteiger partial charge is 0.311 e. The van der Waals surface area contributed by atoms with Gasteiger partial charge in [0.25, 0.3) is 0 Å². The van der Waals surface area contributed by atoms with Crippen molar-refractivity contribution in [1.29, 1.82) is 0 Å². The molecule has 1 aliphatic carbocycles. The van der Waals surface area contributed by atoms with Crippen molar-refractivity contribution in [2.75, 3.05) is 17.3 Å². The van der Waals surface area contributed by atoms with Crippen molar-refractivity contribution in [2.24, 2.45) is 5.92 Å². The molecule has 3 aromatic heterocycles. The number of anilines is 2. The van der Waals surface area contributed by atoms with E-state index in [1.807, 2.05) is 0 Å². The number of benzene rings is 1. The molecule has 2 atom stereocenters. The van der Waals surface area contributed by atoms with E-state index in [-0.39, 0.29) is 23.0 Å². The first-order chi connectivity index (χ1) is 15.3. The van der Waals surface area contributed by atoms with Gasteiger partial charge >= 0.3 is 0 Å². The Morgan fingerprint density at radius 1 is 1.34 bits per heavy atom. The van der Waals surface area contributed by atoms with E-state index in [1.165, 1.54) is 20.2 Å². The van der Waals surface area contributed by atoms with Gasteiger partial charge in [0.2, 0.25) is 11.8 Å². The number of rotatable bonds is 4. The highest BCUT2D eigenvalue weighted by molar-refractivity contribution is 7.22. The number of nitrogens with one attached hydrogen (secondary N) is 2. The summed E-state index contributed by atoms with van der Waals surface area (Å²) in [6, 6.07) is 3.31. The average molecular weight is 477 g/mol. The fourth-order valence-electron chi connectivity index (χ4n) is 3.46. The van der Waals surface area contributed by atoms with Crippen LogP contribution in [0.5, 0.6) is 0 Å². The van der Waals surface area contributed by atoms with Crippen LogP contribution in [0.1, 0.15) is 13.3 Å². The molecule has 4 aromatic rings. The summed E-state index contributed by atoms with van der Waals surface area (Å²) in [5.41, 5.74) is 1.51. The summed E-state index contributed by atoms with van der Waals surface area (Å²) in [4.78, 5) is 34.3. The molecule has 2 amide bonds. The van der Waals surface area contributed by atoms with Crippen molar-refractivity contribution in [3.8, 4) is 11.3 Å². The van der Waals surface area contributed by atoms with E-state index in [0.29, 0.717) is 37.6 Å². The molecule has 3 heterocycles. The fourth-order valence-corrected chi connectivity index (χ4v) is 4.59. The predicted molar refractivity (Wildman–Crippen MR) is 118 cm³/mol. The van der Waals surface area contributed by atoms with Gasteiger partial charge in [0.1, 0.15) is 22.2 Å². The third-order valence-electron chi connectivity index (χ3n) is 5.36. The average Bonchev–Trinajstić information content (AvgIpc) is 3.11. The smallest absolute Gasteiger partial charge is 0.232 e. The summed E-state index contributed by atoms with van der Waals surface area (Å²) < 4.78 is 28.4. The van der Waals surface area contributed by atoms with Gasteiger partial charge in [-0.15, -0.1) is 0 Å². The zero-order valence-corrected chi connectivity index (χ0v) is 18.3. The highest BCUT2D eigenvalue weighted by Crippen LogP contribution is 2.42. The number of H-pyrrole nitrogens is 1. The Balaban J connectivity index is 1.59. The molecule has 1 saturated carbocycles. The molecule has 5 rings (SSSR count). The van der Waals surface area contributed by atoms with Gasteiger partial charge in [0.15, 0.2) is 10.9 Å². The molecule has 1 fully saturated rings. The number of nitrogens with zero attached hydrogens (tertiary/aromatic N) is 4.